The second-order valence-electron chi connectivity index (χ2n) is 19.0. The normalized spacial score (nSPS) is 11.8. The van der Waals surface area contributed by atoms with Gasteiger partial charge in [-0.1, -0.05) is 200 Å². The van der Waals surface area contributed by atoms with Gasteiger partial charge in [0.15, 0.2) is 5.82 Å². The summed E-state index contributed by atoms with van der Waals surface area (Å²) in [4.78, 5) is 16.4. The zero-order chi connectivity index (χ0) is 48.0. The molecule has 0 saturated carbocycles. The Kier molecular flexibility index (Phi) is 9.23. The molecule has 0 aliphatic carbocycles. The molecule has 15 aromatic rings. The average molecular weight is 927 g/mol. The molecule has 0 bridgehead atoms. The van der Waals surface area contributed by atoms with Gasteiger partial charge in [-0.3, -0.25) is 0 Å². The highest BCUT2D eigenvalue weighted by atomic mass is 15.0. The average Bonchev–Trinajstić information content (AvgIpc) is 3.83. The molecule has 0 saturated heterocycles. The number of para-hydroxylation sites is 3. The van der Waals surface area contributed by atoms with Crippen LogP contribution in [0.3, 0.4) is 0 Å². The summed E-state index contributed by atoms with van der Waals surface area (Å²) in [7, 11) is 0. The highest BCUT2D eigenvalue weighted by Gasteiger charge is 2.21. The summed E-state index contributed by atoms with van der Waals surface area (Å²) in [6.07, 6.45) is 0. The summed E-state index contributed by atoms with van der Waals surface area (Å²) in [5, 5.41) is 15.4. The molecule has 0 amide bonds. The quantitative estimate of drug-likeness (QED) is 0.156. The lowest BCUT2D eigenvalue weighted by Crippen LogP contribution is -1.98. The summed E-state index contributed by atoms with van der Waals surface area (Å²) in [5.74, 6) is 0.695. The first-order valence-electron chi connectivity index (χ1n) is 24.9. The fraction of sp³-hybridized carbons (Fsp3) is 0. The van der Waals surface area contributed by atoms with Crippen molar-refractivity contribution < 1.29 is 0 Å². The van der Waals surface area contributed by atoms with E-state index in [0.717, 1.165) is 88.6 Å². The minimum absolute atomic E-state index is 0.695. The lowest BCUT2D eigenvalue weighted by atomic mass is 9.94. The number of nitrogens with zero attached hydrogens (tertiary/aromatic N) is 4. The molecule has 3 aromatic heterocycles. The number of benzene rings is 12. The second-order valence-corrected chi connectivity index (χ2v) is 19.0. The number of hydrogen-bond acceptors (Lipinski definition) is 3. The van der Waals surface area contributed by atoms with Gasteiger partial charge in [0.2, 0.25) is 0 Å². The van der Waals surface area contributed by atoms with E-state index in [9.17, 15) is 0 Å². The molecule has 73 heavy (non-hydrogen) atoms. The van der Waals surface area contributed by atoms with E-state index in [1.165, 1.54) is 54.1 Å². The van der Waals surface area contributed by atoms with Crippen LogP contribution in [0, 0.1) is 0 Å². The first kappa shape index (κ1) is 41.1. The van der Waals surface area contributed by atoms with Gasteiger partial charge in [-0.05, 0) is 109 Å². The van der Waals surface area contributed by atoms with Gasteiger partial charge in [-0.25, -0.2) is 15.0 Å². The molecule has 12 aromatic carbocycles. The summed E-state index contributed by atoms with van der Waals surface area (Å²) >= 11 is 0. The van der Waals surface area contributed by atoms with Crippen molar-refractivity contribution in [3.63, 3.8) is 0 Å². The van der Waals surface area contributed by atoms with Crippen molar-refractivity contribution >= 4 is 86.6 Å². The SMILES string of the molecule is c1ccc(-n2c3ccccc3c3c4c(ccc32)c(-c2cccc(-c3ccc(-c5cc(-c6cc7ccccc7c7ccccc67)nc(-c6cc7ccccc7c7ccccc67)n5)cc3)c2)nc2ccccc24)cc1. The number of aromatic nitrogens is 4. The Balaban J connectivity index is 0.883. The van der Waals surface area contributed by atoms with Gasteiger partial charge in [0, 0.05) is 54.9 Å². The van der Waals surface area contributed by atoms with Crippen LogP contribution in [0.1, 0.15) is 0 Å². The minimum atomic E-state index is 0.695. The third kappa shape index (κ3) is 6.58. The third-order valence-corrected chi connectivity index (χ3v) is 14.9. The molecule has 0 radical (unpaired) electrons. The molecular weight excluding hydrogens is 885 g/mol. The van der Waals surface area contributed by atoms with Crippen molar-refractivity contribution in [3.05, 3.63) is 255 Å². The predicted molar refractivity (Wildman–Crippen MR) is 306 cm³/mol. The van der Waals surface area contributed by atoms with Gasteiger partial charge in [-0.2, -0.15) is 0 Å². The fourth-order valence-electron chi connectivity index (χ4n) is 11.6. The summed E-state index contributed by atoms with van der Waals surface area (Å²) in [6, 6.07) is 91.6. The summed E-state index contributed by atoms with van der Waals surface area (Å²) in [5.41, 5.74) is 13.6. The molecular formula is C69H42N4. The predicted octanol–water partition coefficient (Wildman–Crippen LogP) is 18.2. The molecule has 15 rings (SSSR count). The van der Waals surface area contributed by atoms with E-state index in [2.05, 4.69) is 259 Å². The van der Waals surface area contributed by atoms with E-state index < -0.39 is 0 Å². The van der Waals surface area contributed by atoms with Crippen LogP contribution in [-0.2, 0) is 0 Å². The van der Waals surface area contributed by atoms with E-state index in [0.29, 0.717) is 5.82 Å². The Labute approximate surface area is 420 Å². The molecule has 4 nitrogen and oxygen atoms in total. The Hall–Kier alpha value is -9.77. The van der Waals surface area contributed by atoms with E-state index in [-0.39, 0.29) is 0 Å². The van der Waals surface area contributed by atoms with Crippen LogP contribution < -0.4 is 0 Å². The lowest BCUT2D eigenvalue weighted by Gasteiger charge is -2.15. The van der Waals surface area contributed by atoms with Gasteiger partial charge in [0.05, 0.1) is 33.6 Å². The van der Waals surface area contributed by atoms with Crippen LogP contribution in [0.5, 0.6) is 0 Å². The van der Waals surface area contributed by atoms with Crippen molar-refractivity contribution in [2.45, 2.75) is 0 Å². The van der Waals surface area contributed by atoms with Crippen LogP contribution >= 0.6 is 0 Å². The van der Waals surface area contributed by atoms with Crippen LogP contribution in [-0.4, -0.2) is 19.5 Å². The van der Waals surface area contributed by atoms with Crippen LogP contribution in [0.25, 0.3) is 149 Å². The zero-order valence-corrected chi connectivity index (χ0v) is 39.5. The molecule has 0 unspecified atom stereocenters. The van der Waals surface area contributed by atoms with Gasteiger partial charge in [0.1, 0.15) is 0 Å². The molecule has 0 spiro atoms. The highest BCUT2D eigenvalue weighted by molar-refractivity contribution is 6.29. The van der Waals surface area contributed by atoms with Crippen LogP contribution in [0.2, 0.25) is 0 Å². The van der Waals surface area contributed by atoms with Gasteiger partial charge in [0.25, 0.3) is 0 Å². The second kappa shape index (κ2) is 16.4. The fourth-order valence-corrected chi connectivity index (χ4v) is 11.6. The van der Waals surface area contributed by atoms with Gasteiger partial charge in [-0.15, -0.1) is 0 Å². The monoisotopic (exact) mass is 926 g/mol. The third-order valence-electron chi connectivity index (χ3n) is 14.9. The first-order valence-corrected chi connectivity index (χ1v) is 24.9. The molecule has 4 heteroatoms. The Morgan fingerprint density at radius 3 is 1.58 bits per heavy atom. The Morgan fingerprint density at radius 1 is 0.274 bits per heavy atom. The van der Waals surface area contributed by atoms with Gasteiger partial charge >= 0.3 is 0 Å². The lowest BCUT2D eigenvalue weighted by molar-refractivity contribution is 1.18. The number of pyridine rings is 1. The van der Waals surface area contributed by atoms with Crippen molar-refractivity contribution in [1.29, 1.82) is 0 Å². The number of rotatable bonds is 6. The van der Waals surface area contributed by atoms with E-state index in [1.54, 1.807) is 0 Å². The largest absolute Gasteiger partial charge is 0.309 e. The zero-order valence-electron chi connectivity index (χ0n) is 39.5. The van der Waals surface area contributed by atoms with Crippen LogP contribution in [0.15, 0.2) is 255 Å². The van der Waals surface area contributed by atoms with Crippen LogP contribution in [0.4, 0.5) is 0 Å². The maximum atomic E-state index is 5.49. The number of fused-ring (bicyclic) bond motifs is 13. The Morgan fingerprint density at radius 2 is 0.836 bits per heavy atom. The van der Waals surface area contributed by atoms with Crippen molar-refractivity contribution in [2.75, 3.05) is 0 Å². The molecule has 3 heterocycles. The molecule has 0 N–H and O–H groups in total. The smallest absolute Gasteiger partial charge is 0.161 e. The summed E-state index contributed by atoms with van der Waals surface area (Å²) in [6.45, 7) is 0. The maximum Gasteiger partial charge on any atom is 0.161 e. The maximum absolute atomic E-state index is 5.49. The van der Waals surface area contributed by atoms with E-state index in [1.807, 2.05) is 0 Å². The summed E-state index contributed by atoms with van der Waals surface area (Å²) < 4.78 is 2.39. The molecule has 0 atom stereocenters. The molecule has 0 aliphatic heterocycles. The molecule has 338 valence electrons. The van der Waals surface area contributed by atoms with Crippen molar-refractivity contribution in [2.24, 2.45) is 0 Å². The van der Waals surface area contributed by atoms with E-state index >= 15 is 0 Å². The molecule has 0 fully saturated rings. The van der Waals surface area contributed by atoms with E-state index in [4.69, 9.17) is 15.0 Å². The topological polar surface area (TPSA) is 43.6 Å². The molecule has 0 aliphatic rings. The number of hydrogen-bond donors (Lipinski definition) is 0. The first-order chi connectivity index (χ1) is 36.2. The minimum Gasteiger partial charge on any atom is -0.309 e. The van der Waals surface area contributed by atoms with Gasteiger partial charge < -0.3 is 4.57 Å². The highest BCUT2D eigenvalue weighted by Crippen LogP contribution is 2.44. The standard InChI is InChI=1S/C69H42N4/c1-2-21-49(22-3-1)73-64-32-15-13-30-57(64)67-65(73)38-37-58-66(67)56-29-12-14-31-61(56)70-68(58)48-20-16-19-45(39-48)43-33-35-44(36-34-43)62-42-63(59-40-46-17-4-6-23-50(46)52-25-8-10-27-54(52)59)72-69(71-62)60-41-47-18-5-7-24-51(47)53-26-9-11-28-55(53)60/h1-42H. The Bertz CT molecular complexity index is 4590. The van der Waals surface area contributed by atoms with Crippen molar-refractivity contribution in [3.8, 4) is 62.0 Å². The van der Waals surface area contributed by atoms with Crippen molar-refractivity contribution in [1.82, 2.24) is 19.5 Å².